The monoisotopic (exact) mass is 305 g/mol. The molecule has 0 aliphatic carbocycles. The average Bonchev–Trinajstić information content (AvgIpc) is 2.87. The van der Waals surface area contributed by atoms with Gasteiger partial charge in [0.1, 0.15) is 17.5 Å². The lowest BCUT2D eigenvalue weighted by Gasteiger charge is -2.12. The zero-order valence-electron chi connectivity index (χ0n) is 11.1. The first-order valence-corrected chi connectivity index (χ1v) is 7.14. The van der Waals surface area contributed by atoms with Crippen molar-refractivity contribution < 1.29 is 8.78 Å². The van der Waals surface area contributed by atoms with Crippen molar-refractivity contribution in [3.63, 3.8) is 0 Å². The second kappa shape index (κ2) is 5.81. The second-order valence-corrected chi connectivity index (χ2v) is 5.24. The lowest BCUT2D eigenvalue weighted by atomic mass is 10.00. The van der Waals surface area contributed by atoms with Crippen molar-refractivity contribution in [2.45, 2.75) is 12.3 Å². The lowest BCUT2D eigenvalue weighted by molar-refractivity contribution is 0.576. The largest absolute Gasteiger partial charge is 0.340 e. The van der Waals surface area contributed by atoms with Crippen LogP contribution >= 0.6 is 12.6 Å². The van der Waals surface area contributed by atoms with E-state index in [1.165, 1.54) is 12.1 Å². The van der Waals surface area contributed by atoms with Gasteiger partial charge in [-0.3, -0.25) is 4.98 Å². The molecule has 1 aromatic carbocycles. The SMILES string of the molecule is Fc1cc(F)cc(C[C@H](CS)c2nc3ccncc3[nH]2)c1. The molecule has 2 aromatic heterocycles. The number of nitrogens with one attached hydrogen (secondary N) is 1. The number of rotatable bonds is 4. The molecule has 1 atom stereocenters. The van der Waals surface area contributed by atoms with Crippen LogP contribution < -0.4 is 0 Å². The highest BCUT2D eigenvalue weighted by Gasteiger charge is 2.16. The van der Waals surface area contributed by atoms with Crippen molar-refractivity contribution in [2.75, 3.05) is 5.75 Å². The van der Waals surface area contributed by atoms with Crippen molar-refractivity contribution in [3.05, 3.63) is 59.7 Å². The lowest BCUT2D eigenvalue weighted by Crippen LogP contribution is -2.07. The Morgan fingerprint density at radius 1 is 1.19 bits per heavy atom. The minimum absolute atomic E-state index is 0.0538. The van der Waals surface area contributed by atoms with Gasteiger partial charge in [0.05, 0.1) is 17.2 Å². The summed E-state index contributed by atoms with van der Waals surface area (Å²) in [5, 5.41) is 0. The van der Waals surface area contributed by atoms with Gasteiger partial charge in [0, 0.05) is 23.9 Å². The van der Waals surface area contributed by atoms with E-state index in [1.807, 2.05) is 6.07 Å². The van der Waals surface area contributed by atoms with Gasteiger partial charge in [-0.15, -0.1) is 0 Å². The molecule has 0 unspecified atom stereocenters. The van der Waals surface area contributed by atoms with Crippen LogP contribution in [0.15, 0.2) is 36.7 Å². The van der Waals surface area contributed by atoms with Gasteiger partial charge < -0.3 is 4.98 Å². The third kappa shape index (κ3) is 3.05. The summed E-state index contributed by atoms with van der Waals surface area (Å²) in [7, 11) is 0. The van der Waals surface area contributed by atoms with E-state index >= 15 is 0 Å². The molecule has 0 radical (unpaired) electrons. The van der Waals surface area contributed by atoms with E-state index in [2.05, 4.69) is 27.6 Å². The number of nitrogens with zero attached hydrogens (tertiary/aromatic N) is 2. The Labute approximate surface area is 125 Å². The summed E-state index contributed by atoms with van der Waals surface area (Å²) in [5.74, 6) is 0.0683. The number of halogens is 2. The van der Waals surface area contributed by atoms with Crippen LogP contribution in [0, 0.1) is 11.6 Å². The van der Waals surface area contributed by atoms with Gasteiger partial charge in [-0.05, 0) is 30.2 Å². The highest BCUT2D eigenvalue weighted by atomic mass is 32.1. The zero-order chi connectivity index (χ0) is 14.8. The topological polar surface area (TPSA) is 41.6 Å². The molecule has 1 N–H and O–H groups in total. The second-order valence-electron chi connectivity index (χ2n) is 4.88. The van der Waals surface area contributed by atoms with Crippen molar-refractivity contribution in [3.8, 4) is 0 Å². The predicted octanol–water partition coefficient (Wildman–Crippen LogP) is 3.49. The Kier molecular flexibility index (Phi) is 3.88. The number of thiol groups is 1. The molecule has 0 spiro atoms. The van der Waals surface area contributed by atoms with Crippen LogP contribution in [0.1, 0.15) is 17.3 Å². The van der Waals surface area contributed by atoms with Crippen molar-refractivity contribution in [1.29, 1.82) is 0 Å². The number of H-pyrrole nitrogens is 1. The summed E-state index contributed by atoms with van der Waals surface area (Å²) >= 11 is 4.33. The number of imidazole rings is 1. The number of benzene rings is 1. The molecule has 0 saturated carbocycles. The van der Waals surface area contributed by atoms with Crippen LogP contribution in [0.25, 0.3) is 11.0 Å². The van der Waals surface area contributed by atoms with Crippen LogP contribution in [0.2, 0.25) is 0 Å². The number of hydrogen-bond donors (Lipinski definition) is 2. The molecule has 108 valence electrons. The first-order valence-electron chi connectivity index (χ1n) is 6.51. The van der Waals surface area contributed by atoms with E-state index in [-0.39, 0.29) is 5.92 Å². The van der Waals surface area contributed by atoms with Crippen molar-refractivity contribution >= 4 is 23.7 Å². The average molecular weight is 305 g/mol. The highest BCUT2D eigenvalue weighted by Crippen LogP contribution is 2.23. The molecule has 6 heteroatoms. The first kappa shape index (κ1) is 14.0. The molecule has 0 fully saturated rings. The van der Waals surface area contributed by atoms with Gasteiger partial charge >= 0.3 is 0 Å². The fraction of sp³-hybridized carbons (Fsp3) is 0.200. The van der Waals surface area contributed by atoms with Gasteiger partial charge in [0.25, 0.3) is 0 Å². The summed E-state index contributed by atoms with van der Waals surface area (Å²) in [6, 6.07) is 5.35. The van der Waals surface area contributed by atoms with Crippen LogP contribution in [0.4, 0.5) is 8.78 Å². The van der Waals surface area contributed by atoms with Crippen LogP contribution in [-0.2, 0) is 6.42 Å². The van der Waals surface area contributed by atoms with Crippen LogP contribution in [0.3, 0.4) is 0 Å². The molecule has 3 aromatic rings. The summed E-state index contributed by atoms with van der Waals surface area (Å²) in [6.45, 7) is 0. The zero-order valence-corrected chi connectivity index (χ0v) is 11.9. The van der Waals surface area contributed by atoms with E-state index in [0.29, 0.717) is 17.7 Å². The summed E-state index contributed by atoms with van der Waals surface area (Å²) in [6.07, 6.45) is 3.83. The Balaban J connectivity index is 1.90. The molecule has 0 amide bonds. The smallest absolute Gasteiger partial charge is 0.126 e. The molecule has 0 aliphatic heterocycles. The maximum atomic E-state index is 13.3. The molecule has 21 heavy (non-hydrogen) atoms. The van der Waals surface area contributed by atoms with Crippen molar-refractivity contribution in [2.24, 2.45) is 0 Å². The maximum Gasteiger partial charge on any atom is 0.126 e. The Bertz CT molecular complexity index is 719. The molecule has 3 nitrogen and oxygen atoms in total. The summed E-state index contributed by atoms with van der Waals surface area (Å²) in [4.78, 5) is 11.7. The number of aromatic amines is 1. The van der Waals surface area contributed by atoms with E-state index in [1.54, 1.807) is 12.4 Å². The molecule has 2 heterocycles. The Hall–Kier alpha value is -1.95. The quantitative estimate of drug-likeness (QED) is 0.725. The molecule has 0 bridgehead atoms. The number of pyridine rings is 1. The first-order chi connectivity index (χ1) is 10.2. The minimum Gasteiger partial charge on any atom is -0.340 e. The summed E-state index contributed by atoms with van der Waals surface area (Å²) < 4.78 is 26.5. The van der Waals surface area contributed by atoms with Gasteiger partial charge in [-0.2, -0.15) is 12.6 Å². The van der Waals surface area contributed by atoms with Gasteiger partial charge in [0.15, 0.2) is 0 Å². The molecular weight excluding hydrogens is 292 g/mol. The summed E-state index contributed by atoms with van der Waals surface area (Å²) in [5.41, 5.74) is 2.24. The van der Waals surface area contributed by atoms with Gasteiger partial charge in [0.2, 0.25) is 0 Å². The third-order valence-electron chi connectivity index (χ3n) is 3.31. The third-order valence-corrected chi connectivity index (χ3v) is 3.75. The van der Waals surface area contributed by atoms with Gasteiger partial charge in [-0.1, -0.05) is 0 Å². The van der Waals surface area contributed by atoms with E-state index in [4.69, 9.17) is 0 Å². The van der Waals surface area contributed by atoms with Crippen LogP contribution in [0.5, 0.6) is 0 Å². The highest BCUT2D eigenvalue weighted by molar-refractivity contribution is 7.80. The maximum absolute atomic E-state index is 13.3. The predicted molar refractivity (Wildman–Crippen MR) is 80.5 cm³/mol. The van der Waals surface area contributed by atoms with E-state index < -0.39 is 11.6 Å². The fourth-order valence-corrected chi connectivity index (χ4v) is 2.63. The molecular formula is C15H13F2N3S. The molecule has 0 aliphatic rings. The standard InChI is InChI=1S/C15H13F2N3S/c16-11-4-9(5-12(17)6-11)3-10(8-21)15-19-13-1-2-18-7-14(13)20-15/h1-2,4-7,10,21H,3,8H2,(H,19,20)/t10-/m1/s1. The van der Waals surface area contributed by atoms with Gasteiger partial charge in [-0.25, -0.2) is 13.8 Å². The normalized spacial score (nSPS) is 12.7. The fourth-order valence-electron chi connectivity index (χ4n) is 2.33. The van der Waals surface area contributed by atoms with Crippen molar-refractivity contribution in [1.82, 2.24) is 15.0 Å². The number of hydrogen-bond acceptors (Lipinski definition) is 3. The van der Waals surface area contributed by atoms with Crippen LogP contribution in [-0.4, -0.2) is 20.7 Å². The van der Waals surface area contributed by atoms with E-state index in [0.717, 1.165) is 22.9 Å². The number of aromatic nitrogens is 3. The molecule has 3 rings (SSSR count). The Morgan fingerprint density at radius 3 is 2.62 bits per heavy atom. The van der Waals surface area contributed by atoms with E-state index in [9.17, 15) is 8.78 Å². The Morgan fingerprint density at radius 2 is 1.95 bits per heavy atom. The molecule has 0 saturated heterocycles. The minimum atomic E-state index is -0.572. The number of fused-ring (bicyclic) bond motifs is 1.